The molecule has 1 aliphatic carbocycles. The lowest BCUT2D eigenvalue weighted by atomic mass is 9.76. The molecule has 0 aromatic heterocycles. The zero-order valence-corrected chi connectivity index (χ0v) is 15.1. The fourth-order valence-corrected chi connectivity index (χ4v) is 4.34. The van der Waals surface area contributed by atoms with Gasteiger partial charge in [0.25, 0.3) is 5.69 Å². The summed E-state index contributed by atoms with van der Waals surface area (Å²) in [6.45, 7) is 2.34. The Bertz CT molecular complexity index is 897. The third-order valence-corrected chi connectivity index (χ3v) is 5.51. The number of nitro groups is 1. The number of allylic oxidation sites excluding steroid dienone is 2. The first kappa shape index (κ1) is 16.9. The first-order valence-electron chi connectivity index (χ1n) is 8.73. The monoisotopic (exact) mass is 370 g/mol. The van der Waals surface area contributed by atoms with E-state index in [0.29, 0.717) is 23.1 Å². The summed E-state index contributed by atoms with van der Waals surface area (Å²) < 4.78 is 5.56. The molecule has 0 saturated heterocycles. The Labute approximate surface area is 156 Å². The van der Waals surface area contributed by atoms with Gasteiger partial charge in [-0.3, -0.25) is 10.1 Å². The van der Waals surface area contributed by atoms with Crippen LogP contribution in [0.4, 0.5) is 11.4 Å². The number of nitro benzene ring substituents is 1. The molecule has 0 amide bonds. The predicted octanol–water partition coefficient (Wildman–Crippen LogP) is 5.47. The van der Waals surface area contributed by atoms with Gasteiger partial charge in [-0.25, -0.2) is 0 Å². The number of benzene rings is 2. The van der Waals surface area contributed by atoms with E-state index in [1.165, 1.54) is 6.07 Å². The van der Waals surface area contributed by atoms with Crippen LogP contribution in [0.15, 0.2) is 48.6 Å². The molecule has 2 aromatic rings. The Kier molecular flexibility index (Phi) is 4.32. The molecule has 0 radical (unpaired) electrons. The van der Waals surface area contributed by atoms with Crippen molar-refractivity contribution in [3.63, 3.8) is 0 Å². The van der Waals surface area contributed by atoms with Crippen LogP contribution in [0, 0.1) is 16.0 Å². The van der Waals surface area contributed by atoms with Gasteiger partial charge in [-0.15, -0.1) is 0 Å². The minimum absolute atomic E-state index is 0.0433. The van der Waals surface area contributed by atoms with Crippen LogP contribution in [0.25, 0.3) is 0 Å². The van der Waals surface area contributed by atoms with E-state index >= 15 is 0 Å². The predicted molar refractivity (Wildman–Crippen MR) is 102 cm³/mol. The molecule has 6 heteroatoms. The van der Waals surface area contributed by atoms with Crippen LogP contribution in [-0.2, 0) is 0 Å². The highest BCUT2D eigenvalue weighted by atomic mass is 35.5. The molecule has 0 bridgehead atoms. The number of ether oxygens (including phenoxy) is 1. The third kappa shape index (κ3) is 2.72. The van der Waals surface area contributed by atoms with Gasteiger partial charge < -0.3 is 10.1 Å². The van der Waals surface area contributed by atoms with Crippen molar-refractivity contribution in [1.29, 1.82) is 0 Å². The summed E-state index contributed by atoms with van der Waals surface area (Å²) in [4.78, 5) is 11.3. The quantitative estimate of drug-likeness (QED) is 0.440. The van der Waals surface area contributed by atoms with Crippen molar-refractivity contribution >= 4 is 23.0 Å². The van der Waals surface area contributed by atoms with E-state index in [1.54, 1.807) is 0 Å². The minimum Gasteiger partial charge on any atom is -0.494 e. The van der Waals surface area contributed by atoms with Gasteiger partial charge in [-0.05, 0) is 42.5 Å². The summed E-state index contributed by atoms with van der Waals surface area (Å²) >= 11 is 6.43. The van der Waals surface area contributed by atoms with E-state index in [1.807, 2.05) is 37.3 Å². The summed E-state index contributed by atoms with van der Waals surface area (Å²) in [5, 5.41) is 15.8. The molecular weight excluding hydrogens is 352 g/mol. The normalized spacial score (nSPS) is 23.1. The molecule has 26 heavy (non-hydrogen) atoms. The fourth-order valence-electron chi connectivity index (χ4n) is 4.08. The van der Waals surface area contributed by atoms with Crippen molar-refractivity contribution < 1.29 is 9.66 Å². The SMILES string of the molecule is CCOc1cc2c(c([N+](=O)[O-])c1)N[C@H](c1ccccc1Cl)[C@@H]1CC=C[C@@H]21. The number of halogens is 1. The first-order valence-corrected chi connectivity index (χ1v) is 9.10. The van der Waals surface area contributed by atoms with Gasteiger partial charge in [-0.2, -0.15) is 0 Å². The highest BCUT2D eigenvalue weighted by Gasteiger charge is 2.41. The maximum Gasteiger partial charge on any atom is 0.296 e. The molecule has 5 nitrogen and oxygen atoms in total. The Morgan fingerprint density at radius 3 is 2.85 bits per heavy atom. The molecule has 0 fully saturated rings. The second kappa shape index (κ2) is 6.65. The lowest BCUT2D eigenvalue weighted by molar-refractivity contribution is -0.384. The highest BCUT2D eigenvalue weighted by Crippen LogP contribution is 2.53. The standard InChI is InChI=1S/C20H19ClN2O3/c1-2-26-12-10-16-13-7-5-8-14(13)19(15-6-3-4-9-17(15)21)22-20(16)18(11-12)23(24)25/h3-7,9-11,13-14,19,22H,2,8H2,1H3/t13-,14-,19+/m1/s1. The minimum atomic E-state index is -0.350. The van der Waals surface area contributed by atoms with Crippen LogP contribution in [0.3, 0.4) is 0 Å². The summed E-state index contributed by atoms with van der Waals surface area (Å²) in [5.41, 5.74) is 2.50. The average molecular weight is 371 g/mol. The molecule has 3 atom stereocenters. The summed E-state index contributed by atoms with van der Waals surface area (Å²) in [7, 11) is 0. The molecule has 0 saturated carbocycles. The van der Waals surface area contributed by atoms with Crippen LogP contribution in [0.2, 0.25) is 5.02 Å². The van der Waals surface area contributed by atoms with E-state index in [2.05, 4.69) is 17.5 Å². The van der Waals surface area contributed by atoms with E-state index in [0.717, 1.165) is 17.5 Å². The van der Waals surface area contributed by atoms with Crippen LogP contribution >= 0.6 is 11.6 Å². The first-order chi connectivity index (χ1) is 12.6. The zero-order valence-electron chi connectivity index (χ0n) is 14.3. The molecule has 0 spiro atoms. The second-order valence-electron chi connectivity index (χ2n) is 6.59. The van der Waals surface area contributed by atoms with Crippen LogP contribution in [0.5, 0.6) is 5.75 Å². The number of rotatable bonds is 4. The molecule has 1 N–H and O–H groups in total. The van der Waals surface area contributed by atoms with Gasteiger partial charge >= 0.3 is 0 Å². The van der Waals surface area contributed by atoms with Crippen LogP contribution in [0.1, 0.15) is 36.4 Å². The number of fused-ring (bicyclic) bond motifs is 3. The number of hydrogen-bond donors (Lipinski definition) is 1. The largest absolute Gasteiger partial charge is 0.494 e. The Balaban J connectivity index is 1.87. The zero-order chi connectivity index (χ0) is 18.3. The summed E-state index contributed by atoms with van der Waals surface area (Å²) in [5.74, 6) is 0.903. The second-order valence-corrected chi connectivity index (χ2v) is 7.00. The van der Waals surface area contributed by atoms with E-state index in [9.17, 15) is 10.1 Å². The van der Waals surface area contributed by atoms with Gasteiger partial charge in [0.1, 0.15) is 11.4 Å². The molecule has 1 aliphatic heterocycles. The van der Waals surface area contributed by atoms with Crippen molar-refractivity contribution in [2.75, 3.05) is 11.9 Å². The Hall–Kier alpha value is -2.53. The van der Waals surface area contributed by atoms with Crippen molar-refractivity contribution in [3.8, 4) is 5.75 Å². The molecule has 0 unspecified atom stereocenters. The van der Waals surface area contributed by atoms with Crippen LogP contribution in [-0.4, -0.2) is 11.5 Å². The lowest BCUT2D eigenvalue weighted by Crippen LogP contribution is -2.29. The van der Waals surface area contributed by atoms with Gasteiger partial charge in [0.05, 0.1) is 23.6 Å². The number of hydrogen-bond acceptors (Lipinski definition) is 4. The molecule has 2 aromatic carbocycles. The summed E-state index contributed by atoms with van der Waals surface area (Å²) in [6, 6.07) is 11.0. The highest BCUT2D eigenvalue weighted by molar-refractivity contribution is 6.31. The molecule has 134 valence electrons. The molecule has 1 heterocycles. The number of nitrogens with one attached hydrogen (secondary N) is 1. The van der Waals surface area contributed by atoms with E-state index in [4.69, 9.17) is 16.3 Å². The van der Waals surface area contributed by atoms with Gasteiger partial charge in [0, 0.05) is 10.9 Å². The Morgan fingerprint density at radius 2 is 2.12 bits per heavy atom. The van der Waals surface area contributed by atoms with Gasteiger partial charge in [-0.1, -0.05) is 42.0 Å². The lowest BCUT2D eigenvalue weighted by Gasteiger charge is -2.37. The van der Waals surface area contributed by atoms with E-state index < -0.39 is 0 Å². The topological polar surface area (TPSA) is 64.4 Å². The van der Waals surface area contributed by atoms with Gasteiger partial charge in [0.15, 0.2) is 0 Å². The maximum absolute atomic E-state index is 11.7. The number of nitrogens with zero attached hydrogens (tertiary/aromatic N) is 1. The van der Waals surface area contributed by atoms with Crippen molar-refractivity contribution in [2.24, 2.45) is 5.92 Å². The number of anilines is 1. The van der Waals surface area contributed by atoms with Crippen molar-refractivity contribution in [1.82, 2.24) is 0 Å². The van der Waals surface area contributed by atoms with Gasteiger partial charge in [0.2, 0.25) is 0 Å². The fraction of sp³-hybridized carbons (Fsp3) is 0.300. The third-order valence-electron chi connectivity index (χ3n) is 5.17. The van der Waals surface area contributed by atoms with E-state index in [-0.39, 0.29) is 28.5 Å². The molecule has 2 aliphatic rings. The smallest absolute Gasteiger partial charge is 0.296 e. The van der Waals surface area contributed by atoms with Crippen LogP contribution < -0.4 is 10.1 Å². The Morgan fingerprint density at radius 1 is 1.31 bits per heavy atom. The van der Waals surface area contributed by atoms with Crippen molar-refractivity contribution in [2.45, 2.75) is 25.3 Å². The summed E-state index contributed by atoms with van der Waals surface area (Å²) in [6.07, 6.45) is 5.20. The molecule has 4 rings (SSSR count). The maximum atomic E-state index is 11.7. The average Bonchev–Trinajstić information content (AvgIpc) is 3.11. The van der Waals surface area contributed by atoms with Crippen molar-refractivity contribution in [3.05, 3.63) is 74.8 Å². The molecular formula is C20H19ClN2O3.